The van der Waals surface area contributed by atoms with Gasteiger partial charge in [0.1, 0.15) is 0 Å². The Bertz CT molecular complexity index is 871. The van der Waals surface area contributed by atoms with Gasteiger partial charge in [0.15, 0.2) is 11.6 Å². The number of likely N-dealkylation sites (tertiary alicyclic amines) is 1. The molecule has 3 aromatic heterocycles. The molecule has 1 saturated heterocycles. The zero-order valence-electron chi connectivity index (χ0n) is 13.4. The van der Waals surface area contributed by atoms with E-state index in [1.165, 1.54) is 0 Å². The Labute approximate surface area is 144 Å². The molecule has 0 aromatic carbocycles. The first kappa shape index (κ1) is 15.3. The summed E-state index contributed by atoms with van der Waals surface area (Å²) in [6, 6.07) is 7.27. The number of rotatable bonds is 4. The van der Waals surface area contributed by atoms with Crippen molar-refractivity contribution in [2.45, 2.75) is 12.3 Å². The molecule has 1 atom stereocenters. The summed E-state index contributed by atoms with van der Waals surface area (Å²) in [6.45, 7) is 1.25. The normalized spacial score (nSPS) is 17.4. The number of hydrogen-bond donors (Lipinski definition) is 0. The molecule has 4 rings (SSSR count). The molecule has 1 fully saturated rings. The number of amides is 1. The van der Waals surface area contributed by atoms with E-state index >= 15 is 0 Å². The number of carbonyl (C=O) groups is 1. The van der Waals surface area contributed by atoms with Crippen LogP contribution in [0.25, 0.3) is 17.7 Å². The Morgan fingerprint density at radius 2 is 2.28 bits per heavy atom. The number of hydrogen-bond acceptors (Lipinski definition) is 6. The Balaban J connectivity index is 1.40. The van der Waals surface area contributed by atoms with Gasteiger partial charge in [-0.3, -0.25) is 9.78 Å². The van der Waals surface area contributed by atoms with Gasteiger partial charge in [-0.15, -0.1) is 0 Å². The highest BCUT2D eigenvalue weighted by atomic mass is 16.5. The first-order valence-corrected chi connectivity index (χ1v) is 8.04. The van der Waals surface area contributed by atoms with Gasteiger partial charge in [0.05, 0.1) is 6.26 Å². The van der Waals surface area contributed by atoms with Gasteiger partial charge in [0.2, 0.25) is 5.91 Å². The Hall–Kier alpha value is -3.22. The second kappa shape index (κ2) is 6.72. The summed E-state index contributed by atoms with van der Waals surface area (Å²) in [5.41, 5.74) is 0.896. The maximum atomic E-state index is 12.3. The largest absolute Gasteiger partial charge is 0.459 e. The second-order valence-corrected chi connectivity index (χ2v) is 5.82. The van der Waals surface area contributed by atoms with Crippen molar-refractivity contribution < 1.29 is 13.7 Å². The predicted molar refractivity (Wildman–Crippen MR) is 89.2 cm³/mol. The molecule has 126 valence electrons. The van der Waals surface area contributed by atoms with Crippen LogP contribution in [0, 0.1) is 0 Å². The van der Waals surface area contributed by atoms with Gasteiger partial charge >= 0.3 is 0 Å². The molecule has 0 N–H and O–H groups in total. The van der Waals surface area contributed by atoms with E-state index < -0.39 is 0 Å². The Kier molecular flexibility index (Phi) is 4.12. The smallest absolute Gasteiger partial charge is 0.293 e. The molecule has 7 heteroatoms. The highest BCUT2D eigenvalue weighted by molar-refractivity contribution is 5.91. The molecule has 3 aromatic rings. The van der Waals surface area contributed by atoms with Crippen LogP contribution in [0.1, 0.15) is 23.7 Å². The minimum atomic E-state index is -0.0268. The molecule has 7 nitrogen and oxygen atoms in total. The lowest BCUT2D eigenvalue weighted by Gasteiger charge is -2.12. The van der Waals surface area contributed by atoms with Crippen molar-refractivity contribution in [1.82, 2.24) is 20.0 Å². The van der Waals surface area contributed by atoms with E-state index in [1.54, 1.807) is 47.8 Å². The van der Waals surface area contributed by atoms with Crippen molar-refractivity contribution in [3.8, 4) is 11.7 Å². The van der Waals surface area contributed by atoms with Crippen LogP contribution in [-0.4, -0.2) is 39.0 Å². The van der Waals surface area contributed by atoms with Crippen LogP contribution in [0.3, 0.4) is 0 Å². The summed E-state index contributed by atoms with van der Waals surface area (Å²) >= 11 is 0. The lowest BCUT2D eigenvalue weighted by molar-refractivity contribution is -0.124. The Morgan fingerprint density at radius 3 is 3.08 bits per heavy atom. The standard InChI is InChI=1S/C18H16N4O3/c23-16(6-5-13-3-1-8-19-11-13)22-9-7-14(12-22)17-20-18(25-21-17)15-4-2-10-24-15/h1-6,8,10-11,14H,7,9,12H2/b6-5-. The van der Waals surface area contributed by atoms with Crippen LogP contribution in [-0.2, 0) is 4.79 Å². The molecule has 1 amide bonds. The summed E-state index contributed by atoms with van der Waals surface area (Å²) in [7, 11) is 0. The molecule has 0 radical (unpaired) electrons. The van der Waals surface area contributed by atoms with Crippen molar-refractivity contribution in [1.29, 1.82) is 0 Å². The van der Waals surface area contributed by atoms with Crippen molar-refractivity contribution in [3.05, 3.63) is 60.4 Å². The zero-order valence-corrected chi connectivity index (χ0v) is 13.4. The first-order chi connectivity index (χ1) is 12.3. The van der Waals surface area contributed by atoms with Crippen LogP contribution < -0.4 is 0 Å². The number of pyridine rings is 1. The third kappa shape index (κ3) is 3.35. The lowest BCUT2D eigenvalue weighted by Crippen LogP contribution is -2.26. The molecule has 25 heavy (non-hydrogen) atoms. The second-order valence-electron chi connectivity index (χ2n) is 5.82. The topological polar surface area (TPSA) is 85.3 Å². The molecule has 0 bridgehead atoms. The summed E-state index contributed by atoms with van der Waals surface area (Å²) in [6.07, 6.45) is 9.13. The summed E-state index contributed by atoms with van der Waals surface area (Å²) in [4.78, 5) is 22.5. The van der Waals surface area contributed by atoms with E-state index in [0.29, 0.717) is 30.6 Å². The van der Waals surface area contributed by atoms with Crippen molar-refractivity contribution in [3.63, 3.8) is 0 Å². The fourth-order valence-electron chi connectivity index (χ4n) is 2.82. The minimum Gasteiger partial charge on any atom is -0.459 e. The molecule has 4 heterocycles. The summed E-state index contributed by atoms with van der Waals surface area (Å²) in [5.74, 6) is 1.56. The monoisotopic (exact) mass is 336 g/mol. The molecule has 0 saturated carbocycles. The van der Waals surface area contributed by atoms with Gasteiger partial charge in [-0.1, -0.05) is 11.2 Å². The first-order valence-electron chi connectivity index (χ1n) is 8.04. The number of aromatic nitrogens is 3. The SMILES string of the molecule is O=C(/C=C\c1cccnc1)N1CCC(c2noc(-c3ccco3)n2)C1. The number of carbonyl (C=O) groups excluding carboxylic acids is 1. The van der Waals surface area contributed by atoms with Crippen LogP contribution in [0.4, 0.5) is 0 Å². The molecular formula is C18H16N4O3. The van der Waals surface area contributed by atoms with Crippen molar-refractivity contribution >= 4 is 12.0 Å². The minimum absolute atomic E-state index is 0.0268. The van der Waals surface area contributed by atoms with Crippen LogP contribution in [0.2, 0.25) is 0 Å². The zero-order chi connectivity index (χ0) is 17.1. The van der Waals surface area contributed by atoms with E-state index in [-0.39, 0.29) is 11.8 Å². The molecule has 0 spiro atoms. The molecule has 1 aliphatic heterocycles. The van der Waals surface area contributed by atoms with Crippen LogP contribution in [0.15, 0.2) is 57.9 Å². The van der Waals surface area contributed by atoms with Gasteiger partial charge in [-0.2, -0.15) is 4.98 Å². The van der Waals surface area contributed by atoms with Gasteiger partial charge in [0, 0.05) is 37.5 Å². The van der Waals surface area contributed by atoms with E-state index in [2.05, 4.69) is 15.1 Å². The molecule has 1 unspecified atom stereocenters. The van der Waals surface area contributed by atoms with Gasteiger partial charge in [-0.05, 0) is 36.3 Å². The fraction of sp³-hybridized carbons (Fsp3) is 0.222. The Morgan fingerprint density at radius 1 is 1.32 bits per heavy atom. The third-order valence-electron chi connectivity index (χ3n) is 4.14. The number of furan rings is 1. The van der Waals surface area contributed by atoms with Gasteiger partial charge < -0.3 is 13.8 Å². The van der Waals surface area contributed by atoms with E-state index in [0.717, 1.165) is 12.0 Å². The van der Waals surface area contributed by atoms with E-state index in [1.807, 2.05) is 12.1 Å². The van der Waals surface area contributed by atoms with E-state index in [9.17, 15) is 4.79 Å². The summed E-state index contributed by atoms with van der Waals surface area (Å²) in [5, 5.41) is 4.03. The summed E-state index contributed by atoms with van der Waals surface area (Å²) < 4.78 is 10.5. The lowest BCUT2D eigenvalue weighted by atomic mass is 10.1. The molecule has 0 aliphatic carbocycles. The maximum absolute atomic E-state index is 12.3. The highest BCUT2D eigenvalue weighted by Gasteiger charge is 2.30. The third-order valence-corrected chi connectivity index (χ3v) is 4.14. The fourth-order valence-corrected chi connectivity index (χ4v) is 2.82. The number of nitrogens with zero attached hydrogens (tertiary/aromatic N) is 4. The van der Waals surface area contributed by atoms with Crippen LogP contribution in [0.5, 0.6) is 0 Å². The van der Waals surface area contributed by atoms with E-state index in [4.69, 9.17) is 8.94 Å². The molecule has 1 aliphatic rings. The van der Waals surface area contributed by atoms with Crippen LogP contribution >= 0.6 is 0 Å². The maximum Gasteiger partial charge on any atom is 0.293 e. The predicted octanol–water partition coefficient (Wildman–Crippen LogP) is 2.75. The van der Waals surface area contributed by atoms with Crippen molar-refractivity contribution in [2.24, 2.45) is 0 Å². The van der Waals surface area contributed by atoms with Gasteiger partial charge in [-0.25, -0.2) is 0 Å². The average molecular weight is 336 g/mol. The quantitative estimate of drug-likeness (QED) is 0.681. The average Bonchev–Trinajstić information content (AvgIpc) is 3.40. The van der Waals surface area contributed by atoms with Gasteiger partial charge in [0.25, 0.3) is 5.89 Å². The van der Waals surface area contributed by atoms with Crippen molar-refractivity contribution in [2.75, 3.05) is 13.1 Å². The molecular weight excluding hydrogens is 320 g/mol. The highest BCUT2D eigenvalue weighted by Crippen LogP contribution is 2.27.